The Morgan fingerprint density at radius 3 is 2.46 bits per heavy atom. The highest BCUT2D eigenvalue weighted by molar-refractivity contribution is 7.98. The van der Waals surface area contributed by atoms with E-state index in [4.69, 9.17) is 5.73 Å². The summed E-state index contributed by atoms with van der Waals surface area (Å²) in [7, 11) is 0. The Morgan fingerprint density at radius 1 is 1.08 bits per heavy atom. The van der Waals surface area contributed by atoms with Crippen LogP contribution in [-0.4, -0.2) is 12.2 Å². The molecule has 3 rings (SSSR count). The van der Waals surface area contributed by atoms with E-state index in [9.17, 15) is 4.79 Å². The van der Waals surface area contributed by atoms with Gasteiger partial charge in [-0.3, -0.25) is 4.79 Å². The Bertz CT molecular complexity index is 869. The lowest BCUT2D eigenvalue weighted by Gasteiger charge is -2.10. The maximum absolute atomic E-state index is 12.4. The second kappa shape index (κ2) is 7.11. The van der Waals surface area contributed by atoms with Crippen molar-refractivity contribution in [1.82, 2.24) is 0 Å². The minimum absolute atomic E-state index is 0.158. The molecule has 3 nitrogen and oxygen atoms in total. The molecule has 1 heterocycles. The number of aryl methyl sites for hydroxylation is 1. The number of benzene rings is 2. The summed E-state index contributed by atoms with van der Waals surface area (Å²) in [5.41, 5.74) is 8.89. The van der Waals surface area contributed by atoms with Crippen LogP contribution in [0.15, 0.2) is 59.5 Å². The van der Waals surface area contributed by atoms with Gasteiger partial charge in [0.2, 0.25) is 0 Å². The number of nitrogens with two attached hydrogens (primary N) is 1. The largest absolute Gasteiger partial charge is 0.397 e. The monoisotopic (exact) mass is 354 g/mol. The topological polar surface area (TPSA) is 55.1 Å². The van der Waals surface area contributed by atoms with Crippen LogP contribution < -0.4 is 11.1 Å². The van der Waals surface area contributed by atoms with Gasteiger partial charge < -0.3 is 11.1 Å². The molecule has 0 aliphatic heterocycles. The summed E-state index contributed by atoms with van der Waals surface area (Å²) in [5.74, 6) is -0.158. The Kier molecular flexibility index (Phi) is 4.92. The molecule has 24 heavy (non-hydrogen) atoms. The highest BCUT2D eigenvalue weighted by Gasteiger charge is 2.10. The molecule has 3 N–H and O–H groups in total. The van der Waals surface area contributed by atoms with Crippen molar-refractivity contribution in [2.24, 2.45) is 0 Å². The smallest absolute Gasteiger partial charge is 0.255 e. The predicted molar refractivity (Wildman–Crippen MR) is 105 cm³/mol. The summed E-state index contributed by atoms with van der Waals surface area (Å²) in [6.45, 7) is 2.08. The van der Waals surface area contributed by atoms with Crippen molar-refractivity contribution < 1.29 is 4.79 Å². The molecular weight excluding hydrogens is 336 g/mol. The zero-order chi connectivity index (χ0) is 17.1. The van der Waals surface area contributed by atoms with Crippen LogP contribution in [0.1, 0.15) is 15.2 Å². The summed E-state index contributed by atoms with van der Waals surface area (Å²) >= 11 is 3.37. The fourth-order valence-corrected chi connectivity index (χ4v) is 3.62. The van der Waals surface area contributed by atoms with E-state index in [-0.39, 0.29) is 5.91 Å². The van der Waals surface area contributed by atoms with Gasteiger partial charge in [-0.05, 0) is 67.3 Å². The quantitative estimate of drug-likeness (QED) is 0.495. The standard InChI is InChI=1S/C19H18N2OS2/c1-12-3-10-18(24-12)14-6-9-16(20)17(11-14)21-19(22)13-4-7-15(23-2)8-5-13/h3-11H,20H2,1-2H3,(H,21,22). The van der Waals surface area contributed by atoms with E-state index in [1.165, 1.54) is 4.88 Å². The van der Waals surface area contributed by atoms with Crippen molar-refractivity contribution in [1.29, 1.82) is 0 Å². The van der Waals surface area contributed by atoms with Crippen molar-refractivity contribution in [3.8, 4) is 10.4 Å². The van der Waals surface area contributed by atoms with Gasteiger partial charge in [0.05, 0.1) is 11.4 Å². The SMILES string of the molecule is CSc1ccc(C(=O)Nc2cc(-c3ccc(C)s3)ccc2N)cc1. The molecule has 0 radical (unpaired) electrons. The van der Waals surface area contributed by atoms with Gasteiger partial charge in [-0.15, -0.1) is 23.1 Å². The third-order valence-corrected chi connectivity index (χ3v) is 5.47. The number of anilines is 2. The molecule has 0 aliphatic carbocycles. The number of hydrogen-bond acceptors (Lipinski definition) is 4. The lowest BCUT2D eigenvalue weighted by Crippen LogP contribution is -2.13. The Morgan fingerprint density at radius 2 is 1.83 bits per heavy atom. The third-order valence-electron chi connectivity index (χ3n) is 3.68. The molecule has 0 spiro atoms. The van der Waals surface area contributed by atoms with Crippen LogP contribution in [0.5, 0.6) is 0 Å². The first-order chi connectivity index (χ1) is 11.6. The number of hydrogen-bond donors (Lipinski definition) is 2. The van der Waals surface area contributed by atoms with Crippen molar-refractivity contribution in [3.63, 3.8) is 0 Å². The van der Waals surface area contributed by atoms with Crippen molar-refractivity contribution in [3.05, 3.63) is 65.0 Å². The van der Waals surface area contributed by atoms with Gasteiger partial charge >= 0.3 is 0 Å². The van der Waals surface area contributed by atoms with Gasteiger partial charge in [-0.25, -0.2) is 0 Å². The molecular formula is C19H18N2OS2. The minimum atomic E-state index is -0.158. The maximum atomic E-state index is 12.4. The molecule has 1 amide bonds. The first kappa shape index (κ1) is 16.6. The first-order valence-electron chi connectivity index (χ1n) is 7.48. The number of carbonyl (C=O) groups excluding carboxylic acids is 1. The molecule has 0 fully saturated rings. The van der Waals surface area contributed by atoms with Crippen LogP contribution in [0.4, 0.5) is 11.4 Å². The number of nitrogen functional groups attached to an aromatic ring is 1. The van der Waals surface area contributed by atoms with Gasteiger partial charge in [0, 0.05) is 20.2 Å². The van der Waals surface area contributed by atoms with Gasteiger partial charge in [0.1, 0.15) is 0 Å². The molecule has 5 heteroatoms. The molecule has 0 unspecified atom stereocenters. The number of thiophene rings is 1. The minimum Gasteiger partial charge on any atom is -0.397 e. The Balaban J connectivity index is 1.84. The zero-order valence-electron chi connectivity index (χ0n) is 13.5. The molecule has 1 aromatic heterocycles. The summed E-state index contributed by atoms with van der Waals surface area (Å²) in [4.78, 5) is 16.0. The predicted octanol–water partition coefficient (Wildman–Crippen LogP) is 5.28. The second-order valence-corrected chi connectivity index (χ2v) is 7.56. The van der Waals surface area contributed by atoms with Crippen LogP contribution in [0.25, 0.3) is 10.4 Å². The van der Waals surface area contributed by atoms with Crippen LogP contribution >= 0.6 is 23.1 Å². The van der Waals surface area contributed by atoms with E-state index < -0.39 is 0 Å². The fraction of sp³-hybridized carbons (Fsp3) is 0.105. The maximum Gasteiger partial charge on any atom is 0.255 e. The van der Waals surface area contributed by atoms with E-state index in [1.807, 2.05) is 48.7 Å². The zero-order valence-corrected chi connectivity index (χ0v) is 15.1. The van der Waals surface area contributed by atoms with Gasteiger partial charge in [-0.1, -0.05) is 6.07 Å². The average Bonchev–Trinajstić information content (AvgIpc) is 3.03. The van der Waals surface area contributed by atoms with Gasteiger partial charge in [0.25, 0.3) is 5.91 Å². The van der Waals surface area contributed by atoms with Crippen LogP contribution in [0.2, 0.25) is 0 Å². The summed E-state index contributed by atoms with van der Waals surface area (Å²) in [5, 5.41) is 2.91. The van der Waals surface area contributed by atoms with Crippen LogP contribution in [0, 0.1) is 6.92 Å². The Hall–Kier alpha value is -2.24. The molecule has 0 atom stereocenters. The number of carbonyl (C=O) groups is 1. The summed E-state index contributed by atoms with van der Waals surface area (Å²) < 4.78 is 0. The molecule has 122 valence electrons. The molecule has 0 saturated carbocycles. The molecule has 0 saturated heterocycles. The van der Waals surface area contributed by atoms with E-state index in [0.29, 0.717) is 16.9 Å². The number of thioether (sulfide) groups is 1. The normalized spacial score (nSPS) is 10.6. The number of amides is 1. The number of rotatable bonds is 4. The molecule has 3 aromatic rings. The van der Waals surface area contributed by atoms with Gasteiger partial charge in [-0.2, -0.15) is 0 Å². The lowest BCUT2D eigenvalue weighted by atomic mass is 10.1. The summed E-state index contributed by atoms with van der Waals surface area (Å²) in [6.07, 6.45) is 2.01. The lowest BCUT2D eigenvalue weighted by molar-refractivity contribution is 0.102. The second-order valence-electron chi connectivity index (χ2n) is 5.39. The molecule has 0 aliphatic rings. The molecule has 0 bridgehead atoms. The van der Waals surface area contributed by atoms with Crippen molar-refractivity contribution in [2.45, 2.75) is 11.8 Å². The fourth-order valence-electron chi connectivity index (χ4n) is 2.34. The van der Waals surface area contributed by atoms with Gasteiger partial charge in [0.15, 0.2) is 0 Å². The summed E-state index contributed by atoms with van der Waals surface area (Å²) in [6, 6.07) is 17.4. The van der Waals surface area contributed by atoms with Crippen LogP contribution in [0.3, 0.4) is 0 Å². The van der Waals surface area contributed by atoms with E-state index >= 15 is 0 Å². The van der Waals surface area contributed by atoms with E-state index in [0.717, 1.165) is 15.3 Å². The average molecular weight is 355 g/mol. The molecule has 2 aromatic carbocycles. The Labute approximate surface area is 149 Å². The number of nitrogens with one attached hydrogen (secondary N) is 1. The highest BCUT2D eigenvalue weighted by Crippen LogP contribution is 2.32. The van der Waals surface area contributed by atoms with E-state index in [2.05, 4.69) is 24.4 Å². The van der Waals surface area contributed by atoms with E-state index in [1.54, 1.807) is 23.1 Å². The van der Waals surface area contributed by atoms with Crippen molar-refractivity contribution >= 4 is 40.4 Å². The highest BCUT2D eigenvalue weighted by atomic mass is 32.2. The van der Waals surface area contributed by atoms with Crippen LogP contribution in [-0.2, 0) is 0 Å². The first-order valence-corrected chi connectivity index (χ1v) is 9.52. The third kappa shape index (κ3) is 3.63. The van der Waals surface area contributed by atoms with Crippen molar-refractivity contribution in [2.75, 3.05) is 17.3 Å².